The van der Waals surface area contributed by atoms with Crippen LogP contribution in [-0.4, -0.2) is 24.3 Å². The molecule has 1 fully saturated rings. The highest BCUT2D eigenvalue weighted by Gasteiger charge is 2.24. The largest absolute Gasteiger partial charge is 0.465 e. The Morgan fingerprint density at radius 3 is 2.67 bits per heavy atom. The fourth-order valence-corrected chi connectivity index (χ4v) is 0.960. The van der Waals surface area contributed by atoms with Gasteiger partial charge in [0.25, 0.3) is 0 Å². The van der Waals surface area contributed by atoms with Gasteiger partial charge in [0, 0.05) is 6.21 Å². The molecule has 0 spiro atoms. The number of carbonyl (C=O) groups is 1. The molecule has 1 heterocycles. The maximum absolute atomic E-state index is 11.0. The van der Waals surface area contributed by atoms with Crippen LogP contribution in [0, 0.1) is 5.92 Å². The van der Waals surface area contributed by atoms with Gasteiger partial charge < -0.3 is 4.74 Å². The molecule has 0 aliphatic carbocycles. The van der Waals surface area contributed by atoms with E-state index in [-0.39, 0.29) is 17.4 Å². The summed E-state index contributed by atoms with van der Waals surface area (Å²) >= 11 is 0. The summed E-state index contributed by atoms with van der Waals surface area (Å²) in [5.74, 6) is -0.243. The Morgan fingerprint density at radius 2 is 2.25 bits per heavy atom. The molecule has 1 aliphatic heterocycles. The van der Waals surface area contributed by atoms with E-state index in [9.17, 15) is 4.79 Å². The molecule has 1 atom stereocenters. The van der Waals surface area contributed by atoms with Crippen molar-refractivity contribution in [1.29, 1.82) is 0 Å². The van der Waals surface area contributed by atoms with E-state index in [0.29, 0.717) is 6.61 Å². The topological polar surface area (TPSA) is 38.7 Å². The zero-order valence-electron chi connectivity index (χ0n) is 7.83. The van der Waals surface area contributed by atoms with Crippen molar-refractivity contribution in [1.82, 2.24) is 0 Å². The second-order valence-electron chi connectivity index (χ2n) is 4.01. The molecule has 68 valence electrons. The minimum Gasteiger partial charge on any atom is -0.465 e. The molecule has 1 rings (SSSR count). The summed E-state index contributed by atoms with van der Waals surface area (Å²) < 4.78 is 4.80. The number of esters is 1. The van der Waals surface area contributed by atoms with Crippen molar-refractivity contribution >= 4 is 12.2 Å². The van der Waals surface area contributed by atoms with Crippen molar-refractivity contribution in [3.8, 4) is 0 Å². The number of nitrogens with zero attached hydrogens (tertiary/aromatic N) is 1. The normalized spacial score (nSPS) is 24.9. The van der Waals surface area contributed by atoms with Gasteiger partial charge in [-0.25, -0.2) is 0 Å². The van der Waals surface area contributed by atoms with Gasteiger partial charge >= 0.3 is 5.97 Å². The van der Waals surface area contributed by atoms with E-state index in [1.807, 2.05) is 20.8 Å². The van der Waals surface area contributed by atoms with Crippen molar-refractivity contribution in [3.63, 3.8) is 0 Å². The van der Waals surface area contributed by atoms with Crippen LogP contribution in [0.25, 0.3) is 0 Å². The van der Waals surface area contributed by atoms with Crippen LogP contribution in [0.3, 0.4) is 0 Å². The third-order valence-electron chi connectivity index (χ3n) is 1.62. The van der Waals surface area contributed by atoms with Crippen LogP contribution >= 0.6 is 0 Å². The van der Waals surface area contributed by atoms with Crippen molar-refractivity contribution in [2.75, 3.05) is 6.61 Å². The highest BCUT2D eigenvalue weighted by atomic mass is 16.5. The molecule has 0 bridgehead atoms. The zero-order chi connectivity index (χ0) is 9.19. The molecule has 12 heavy (non-hydrogen) atoms. The summed E-state index contributed by atoms with van der Waals surface area (Å²) in [4.78, 5) is 15.2. The van der Waals surface area contributed by atoms with Crippen LogP contribution in [-0.2, 0) is 9.53 Å². The summed E-state index contributed by atoms with van der Waals surface area (Å²) in [5.41, 5.74) is -0.0944. The summed E-state index contributed by atoms with van der Waals surface area (Å²) in [7, 11) is 0. The second-order valence-corrected chi connectivity index (χ2v) is 4.01. The third kappa shape index (κ3) is 2.64. The molecule has 0 aromatic heterocycles. The van der Waals surface area contributed by atoms with Gasteiger partial charge in [-0.3, -0.25) is 9.79 Å². The first-order chi connectivity index (χ1) is 5.49. The van der Waals surface area contributed by atoms with Crippen molar-refractivity contribution in [2.45, 2.75) is 32.7 Å². The van der Waals surface area contributed by atoms with E-state index in [1.165, 1.54) is 0 Å². The maximum atomic E-state index is 11.0. The highest BCUT2D eigenvalue weighted by Crippen LogP contribution is 2.14. The number of cyclic esters (lactones) is 1. The Kier molecular flexibility index (Phi) is 2.50. The molecule has 0 aromatic carbocycles. The van der Waals surface area contributed by atoms with Gasteiger partial charge in [-0.1, -0.05) is 0 Å². The molecule has 1 aliphatic rings. The predicted molar refractivity (Wildman–Crippen MR) is 47.3 cm³/mol. The van der Waals surface area contributed by atoms with Gasteiger partial charge in [0.2, 0.25) is 0 Å². The molecule has 1 saturated heterocycles. The number of carbonyl (C=O) groups excluding carboxylic acids is 1. The lowest BCUT2D eigenvalue weighted by molar-refractivity contribution is -0.139. The highest BCUT2D eigenvalue weighted by molar-refractivity contribution is 5.91. The van der Waals surface area contributed by atoms with Gasteiger partial charge in [-0.15, -0.1) is 0 Å². The Balaban J connectivity index is 2.51. The van der Waals surface area contributed by atoms with Crippen LogP contribution < -0.4 is 0 Å². The summed E-state index contributed by atoms with van der Waals surface area (Å²) in [5, 5.41) is 0. The molecule has 3 heteroatoms. The maximum Gasteiger partial charge on any atom is 0.314 e. The number of hydrogen-bond donors (Lipinski definition) is 0. The fourth-order valence-electron chi connectivity index (χ4n) is 0.960. The molecule has 0 N–H and O–H groups in total. The van der Waals surface area contributed by atoms with Crippen LogP contribution in [0.5, 0.6) is 0 Å². The smallest absolute Gasteiger partial charge is 0.314 e. The van der Waals surface area contributed by atoms with Crippen LogP contribution in [0.4, 0.5) is 0 Å². The van der Waals surface area contributed by atoms with Gasteiger partial charge in [0.05, 0.1) is 18.1 Å². The lowest BCUT2D eigenvalue weighted by Crippen LogP contribution is -2.15. The first-order valence-corrected chi connectivity index (χ1v) is 4.21. The quantitative estimate of drug-likeness (QED) is 0.440. The van der Waals surface area contributed by atoms with Gasteiger partial charge in [-0.05, 0) is 27.2 Å². The van der Waals surface area contributed by atoms with Crippen LogP contribution in [0.1, 0.15) is 27.2 Å². The van der Waals surface area contributed by atoms with E-state index in [4.69, 9.17) is 4.74 Å². The molecular weight excluding hydrogens is 154 g/mol. The molecule has 0 saturated carbocycles. The molecular formula is C9H15NO2. The third-order valence-corrected chi connectivity index (χ3v) is 1.62. The van der Waals surface area contributed by atoms with Crippen molar-refractivity contribution in [2.24, 2.45) is 10.9 Å². The van der Waals surface area contributed by atoms with E-state index in [2.05, 4.69) is 4.99 Å². The van der Waals surface area contributed by atoms with Gasteiger partial charge in [0.15, 0.2) is 0 Å². The van der Waals surface area contributed by atoms with Crippen molar-refractivity contribution < 1.29 is 9.53 Å². The van der Waals surface area contributed by atoms with Crippen molar-refractivity contribution in [3.05, 3.63) is 0 Å². The van der Waals surface area contributed by atoms with E-state index in [1.54, 1.807) is 6.21 Å². The number of rotatable bonds is 1. The lowest BCUT2D eigenvalue weighted by Gasteiger charge is -2.11. The molecule has 0 radical (unpaired) electrons. The van der Waals surface area contributed by atoms with Crippen LogP contribution in [0.15, 0.2) is 4.99 Å². The Hall–Kier alpha value is -0.860. The van der Waals surface area contributed by atoms with Crippen LogP contribution in [0.2, 0.25) is 0 Å². The van der Waals surface area contributed by atoms with E-state index >= 15 is 0 Å². The SMILES string of the molecule is CC(C)(C)N=CC1CCOC1=O. The first-order valence-electron chi connectivity index (χ1n) is 4.21. The first kappa shape index (κ1) is 9.23. The number of ether oxygens (including phenoxy) is 1. The Morgan fingerprint density at radius 1 is 1.58 bits per heavy atom. The average molecular weight is 169 g/mol. The molecule has 0 aromatic rings. The van der Waals surface area contributed by atoms with Gasteiger partial charge in [0.1, 0.15) is 0 Å². The number of hydrogen-bond acceptors (Lipinski definition) is 3. The van der Waals surface area contributed by atoms with E-state index in [0.717, 1.165) is 6.42 Å². The summed E-state index contributed by atoms with van der Waals surface area (Å²) in [6.45, 7) is 6.55. The molecule has 3 nitrogen and oxygen atoms in total. The lowest BCUT2D eigenvalue weighted by atomic mass is 10.1. The average Bonchev–Trinajstić information content (AvgIpc) is 2.29. The molecule has 0 amide bonds. The Labute approximate surface area is 72.8 Å². The molecule has 1 unspecified atom stereocenters. The predicted octanol–water partition coefficient (Wildman–Crippen LogP) is 1.42. The fraction of sp³-hybridized carbons (Fsp3) is 0.778. The Bertz CT molecular complexity index is 203. The second kappa shape index (κ2) is 3.25. The minimum absolute atomic E-state index is 0.0944. The number of aliphatic imine (C=N–C) groups is 1. The monoisotopic (exact) mass is 169 g/mol. The van der Waals surface area contributed by atoms with E-state index < -0.39 is 0 Å². The standard InChI is InChI=1S/C9H15NO2/c1-9(2,3)10-6-7-4-5-12-8(7)11/h6-7H,4-5H2,1-3H3. The summed E-state index contributed by atoms with van der Waals surface area (Å²) in [6, 6.07) is 0. The zero-order valence-corrected chi connectivity index (χ0v) is 7.83. The minimum atomic E-state index is -0.136. The van der Waals surface area contributed by atoms with Gasteiger partial charge in [-0.2, -0.15) is 0 Å². The summed E-state index contributed by atoms with van der Waals surface area (Å²) in [6.07, 6.45) is 2.49.